The summed E-state index contributed by atoms with van der Waals surface area (Å²) in [6.07, 6.45) is 7.72. The number of likely N-dealkylation sites (N-methyl/N-ethyl adjacent to an activating group) is 1. The number of anilines is 1. The van der Waals surface area contributed by atoms with Crippen LogP contribution in [0.15, 0.2) is 35.9 Å². The summed E-state index contributed by atoms with van der Waals surface area (Å²) in [5.41, 5.74) is -1.04. The zero-order valence-corrected chi connectivity index (χ0v) is 33.0. The summed E-state index contributed by atoms with van der Waals surface area (Å²) in [4.78, 5) is 42.3. The molecule has 5 bridgehead atoms. The molecule has 0 aromatic heterocycles. The lowest BCUT2D eigenvalue weighted by Crippen LogP contribution is -2.83. The number of carbonyl (C=O) groups excluding carboxylic acids is 3. The van der Waals surface area contributed by atoms with E-state index >= 15 is 0 Å². The maximum absolute atomic E-state index is 14.5. The Bertz CT molecular complexity index is 1940. The maximum Gasteiger partial charge on any atom is 0.362 e. The Morgan fingerprint density at radius 2 is 1.82 bits per heavy atom. The largest absolute Gasteiger partial charge is 0.458 e. The summed E-state index contributed by atoms with van der Waals surface area (Å²) in [5, 5.41) is 50.1. The van der Waals surface area contributed by atoms with Crippen LogP contribution in [0.1, 0.15) is 96.5 Å². The number of hydrogen-bond acceptors (Lipinski definition) is 10. The Hall–Kier alpha value is -2.83. The lowest BCUT2D eigenvalue weighted by Gasteiger charge is -2.67. The Kier molecular flexibility index (Phi) is 7.42. The average molecular weight is 772 g/mol. The molecular weight excluding hydrogens is 713 g/mol. The highest BCUT2D eigenvalue weighted by Crippen LogP contribution is 2.73. The van der Waals surface area contributed by atoms with Crippen molar-refractivity contribution in [1.29, 1.82) is 0 Å². The van der Waals surface area contributed by atoms with Crippen LogP contribution in [0.4, 0.5) is 5.69 Å². The van der Waals surface area contributed by atoms with E-state index in [2.05, 4.69) is 44.0 Å². The number of aliphatic hydroxyl groups excluding tert-OH is 2. The molecule has 9 fully saturated rings. The molecule has 11 nitrogen and oxygen atoms in total. The molecule has 5 saturated carbocycles. The van der Waals surface area contributed by atoms with Crippen molar-refractivity contribution in [2.24, 2.45) is 46.3 Å². The van der Waals surface area contributed by atoms with Gasteiger partial charge >= 0.3 is 11.9 Å². The Labute approximate surface area is 329 Å². The van der Waals surface area contributed by atoms with Crippen LogP contribution >= 0.6 is 0 Å². The van der Waals surface area contributed by atoms with Crippen LogP contribution in [0.2, 0.25) is 0 Å². The molecule has 56 heavy (non-hydrogen) atoms. The quantitative estimate of drug-likeness (QED) is 0.192. The van der Waals surface area contributed by atoms with E-state index in [1.54, 1.807) is 6.08 Å². The van der Waals surface area contributed by atoms with E-state index in [9.17, 15) is 34.8 Å². The molecule has 6 aliphatic heterocycles. The fourth-order valence-electron chi connectivity index (χ4n) is 17.6. The van der Waals surface area contributed by atoms with Crippen LogP contribution in [0, 0.1) is 46.3 Å². The highest BCUT2D eigenvalue weighted by Gasteiger charge is 2.83. The number of aldehydes is 1. The number of para-hydroxylation sites is 1. The van der Waals surface area contributed by atoms with Crippen LogP contribution in [-0.2, 0) is 29.3 Å². The molecule has 0 amide bonds. The molecule has 4 N–H and O–H groups in total. The highest BCUT2D eigenvalue weighted by atomic mass is 16.5. The van der Waals surface area contributed by atoms with E-state index < -0.39 is 45.9 Å². The number of fused-ring (bicyclic) bond motifs is 7. The number of benzene rings is 1. The first kappa shape index (κ1) is 36.3. The molecule has 12 rings (SSSR count). The number of ether oxygens (including phenoxy) is 2. The average Bonchev–Trinajstić information content (AvgIpc) is 3.86. The van der Waals surface area contributed by atoms with Crippen molar-refractivity contribution >= 4 is 23.9 Å². The monoisotopic (exact) mass is 771 g/mol. The van der Waals surface area contributed by atoms with Crippen molar-refractivity contribution in [2.75, 3.05) is 25.1 Å². The van der Waals surface area contributed by atoms with Crippen molar-refractivity contribution in [3.8, 4) is 0 Å². The minimum absolute atomic E-state index is 0.0104. The smallest absolute Gasteiger partial charge is 0.362 e. The SMILES string of the molecule is CCC1C2CC3C4N(C)c5ccccc5C45CC(C2C5O)[N+]3(CC(=O)OC2CCC3(C=O)C4CCC5(C)C(C6=CC(=O)OC6)CCC5(O)C4CCC3(O)C2)C1O. The van der Waals surface area contributed by atoms with Gasteiger partial charge in [-0.25, -0.2) is 9.59 Å². The third-order valence-corrected chi connectivity index (χ3v) is 19.6. The second kappa shape index (κ2) is 11.5. The standard InChI is InChI=1S/C45H59N2O9/c1-4-26-27-18-33-38-44(31-7-5-6-8-32(31)46(38)3)20-34(37(27)39(44)51)47(33,40(26)52)21-36(50)56-25-9-14-42(23-48)29-10-13-41(2)28(24-17-35(49)55-22-24)12-16-45(41,54)30(29)11-15-43(42,53)19-25/h5-8,17,23,25-30,33-34,37-40,51-54H,4,9-16,18-22H2,1-3H3/q+1. The van der Waals surface area contributed by atoms with Gasteiger partial charge in [-0.2, -0.15) is 0 Å². The first-order valence-electron chi connectivity index (χ1n) is 21.8. The number of hydrogen-bond donors (Lipinski definition) is 4. The van der Waals surface area contributed by atoms with Gasteiger partial charge in [0.2, 0.25) is 0 Å². The molecule has 18 unspecified atom stereocenters. The van der Waals surface area contributed by atoms with Crippen molar-refractivity contribution in [3.05, 3.63) is 41.5 Å². The Balaban J connectivity index is 0.854. The fourth-order valence-corrected chi connectivity index (χ4v) is 17.6. The first-order valence-corrected chi connectivity index (χ1v) is 21.8. The van der Waals surface area contributed by atoms with Crippen LogP contribution in [0.5, 0.6) is 0 Å². The summed E-state index contributed by atoms with van der Waals surface area (Å²) >= 11 is 0. The molecule has 4 saturated heterocycles. The number of piperidine rings is 4. The van der Waals surface area contributed by atoms with Crippen molar-refractivity contribution < 1.29 is 48.8 Å². The molecule has 5 aliphatic carbocycles. The number of quaternary nitrogens is 1. The third kappa shape index (κ3) is 3.92. The van der Waals surface area contributed by atoms with Gasteiger partial charge in [-0.1, -0.05) is 32.0 Å². The number of rotatable bonds is 6. The summed E-state index contributed by atoms with van der Waals surface area (Å²) in [5.74, 6) is -0.852. The van der Waals surface area contributed by atoms with Crippen LogP contribution in [0.25, 0.3) is 0 Å². The summed E-state index contributed by atoms with van der Waals surface area (Å²) < 4.78 is 11.9. The van der Waals surface area contributed by atoms with E-state index in [1.807, 2.05) is 6.07 Å². The third-order valence-electron chi connectivity index (χ3n) is 19.6. The molecule has 18 atom stereocenters. The number of cyclic esters (lactones) is 1. The second-order valence-electron chi connectivity index (χ2n) is 20.6. The molecule has 11 heteroatoms. The first-order chi connectivity index (χ1) is 26.7. The maximum atomic E-state index is 14.5. The van der Waals surface area contributed by atoms with E-state index in [0.29, 0.717) is 44.9 Å². The highest BCUT2D eigenvalue weighted by molar-refractivity contribution is 5.85. The summed E-state index contributed by atoms with van der Waals surface area (Å²) in [6, 6.07) is 8.28. The lowest BCUT2D eigenvalue weighted by molar-refractivity contribution is -1.03. The van der Waals surface area contributed by atoms with Gasteiger partial charge in [0.15, 0.2) is 12.8 Å². The molecule has 302 valence electrons. The van der Waals surface area contributed by atoms with E-state index in [0.717, 1.165) is 43.2 Å². The Morgan fingerprint density at radius 1 is 1.04 bits per heavy atom. The van der Waals surface area contributed by atoms with E-state index in [-0.39, 0.29) is 89.6 Å². The molecule has 1 aromatic carbocycles. The van der Waals surface area contributed by atoms with E-state index in [1.165, 1.54) is 5.56 Å². The van der Waals surface area contributed by atoms with Gasteiger partial charge in [-0.3, -0.25) is 4.48 Å². The molecule has 0 radical (unpaired) electrons. The van der Waals surface area contributed by atoms with Gasteiger partial charge in [0, 0.05) is 55.3 Å². The van der Waals surface area contributed by atoms with Crippen molar-refractivity contribution in [1.82, 2.24) is 0 Å². The second-order valence-corrected chi connectivity index (χ2v) is 20.6. The predicted molar refractivity (Wildman–Crippen MR) is 202 cm³/mol. The summed E-state index contributed by atoms with van der Waals surface area (Å²) in [7, 11) is 2.11. The molecular formula is C45H59N2O9+. The van der Waals surface area contributed by atoms with Crippen molar-refractivity contribution in [2.45, 2.75) is 144 Å². The predicted octanol–water partition coefficient (Wildman–Crippen LogP) is 3.53. The minimum Gasteiger partial charge on any atom is -0.458 e. The van der Waals surface area contributed by atoms with Crippen LogP contribution in [-0.4, -0.2) is 111 Å². The van der Waals surface area contributed by atoms with Crippen molar-refractivity contribution in [3.63, 3.8) is 0 Å². The molecule has 11 aliphatic rings. The van der Waals surface area contributed by atoms with Gasteiger partial charge in [0.05, 0.1) is 40.2 Å². The summed E-state index contributed by atoms with van der Waals surface area (Å²) in [6.45, 7) is 4.56. The van der Waals surface area contributed by atoms with Gasteiger partial charge in [-0.05, 0) is 98.7 Å². The zero-order valence-electron chi connectivity index (χ0n) is 33.0. The molecule has 1 spiro atoms. The fraction of sp³-hybridized carbons (Fsp3) is 0.756. The zero-order chi connectivity index (χ0) is 38.9. The Morgan fingerprint density at radius 3 is 2.57 bits per heavy atom. The normalized spacial score (nSPS) is 54.1. The topological polar surface area (TPSA) is 154 Å². The lowest BCUT2D eigenvalue weighted by atomic mass is 9.41. The number of carbonyl (C=O) groups is 3. The van der Waals surface area contributed by atoms with Crippen LogP contribution < -0.4 is 4.90 Å². The van der Waals surface area contributed by atoms with Crippen LogP contribution in [0.3, 0.4) is 0 Å². The van der Waals surface area contributed by atoms with Gasteiger partial charge in [0.1, 0.15) is 25.0 Å². The van der Waals surface area contributed by atoms with Gasteiger partial charge < -0.3 is 39.6 Å². The van der Waals surface area contributed by atoms with Gasteiger partial charge in [-0.15, -0.1) is 0 Å². The van der Waals surface area contributed by atoms with Gasteiger partial charge in [0.25, 0.3) is 0 Å². The molecule has 1 aromatic rings. The number of esters is 2. The minimum atomic E-state index is -1.37. The number of nitrogens with zero attached hydrogens (tertiary/aromatic N) is 2. The molecule has 6 heterocycles. The van der Waals surface area contributed by atoms with E-state index in [4.69, 9.17) is 9.47 Å². The number of aliphatic hydroxyl groups is 4.